The van der Waals surface area contributed by atoms with E-state index < -0.39 is 0 Å². The van der Waals surface area contributed by atoms with Crippen molar-refractivity contribution < 1.29 is 19.1 Å². The number of anilines is 4. The van der Waals surface area contributed by atoms with Crippen LogP contribution in [0, 0.1) is 0 Å². The molecule has 0 unspecified atom stereocenters. The number of nitrogens with zero attached hydrogens (tertiary/aromatic N) is 6. The average molecular weight is 623 g/mol. The molecule has 0 radical (unpaired) electrons. The number of nitrogens with one attached hydrogen (secondary N) is 4. The van der Waals surface area contributed by atoms with Gasteiger partial charge >= 0.3 is 0 Å². The number of para-hydroxylation sites is 1. The van der Waals surface area contributed by atoms with Crippen LogP contribution in [0.4, 0.5) is 23.3 Å². The fraction of sp³-hybridized carbons (Fsp3) is 0.312. The molecule has 0 saturated carbocycles. The van der Waals surface area contributed by atoms with Crippen molar-refractivity contribution >= 4 is 57.5 Å². The number of benzene rings is 2. The highest BCUT2D eigenvalue weighted by molar-refractivity contribution is 5.98. The monoisotopic (exact) mass is 622 g/mol. The number of piperidine rings is 1. The lowest BCUT2D eigenvalue weighted by molar-refractivity contribution is -0.114. The first-order valence-corrected chi connectivity index (χ1v) is 15.3. The van der Waals surface area contributed by atoms with E-state index in [1.807, 2.05) is 47.4 Å². The lowest BCUT2D eigenvalue weighted by Gasteiger charge is -2.33. The van der Waals surface area contributed by atoms with E-state index in [0.29, 0.717) is 79.6 Å². The third-order valence-corrected chi connectivity index (χ3v) is 8.16. The van der Waals surface area contributed by atoms with Crippen molar-refractivity contribution in [3.05, 3.63) is 72.1 Å². The van der Waals surface area contributed by atoms with Gasteiger partial charge in [-0.25, -0.2) is 4.98 Å². The summed E-state index contributed by atoms with van der Waals surface area (Å²) in [6.45, 7) is 4.83. The van der Waals surface area contributed by atoms with Gasteiger partial charge in [-0.05, 0) is 49.2 Å². The Hall–Kier alpha value is -5.50. The normalized spacial score (nSPS) is 16.8. The highest BCUT2D eigenvalue weighted by Gasteiger charge is 2.26. The minimum Gasteiger partial charge on any atom is -0.378 e. The Balaban J connectivity index is 1.12. The minimum atomic E-state index is -0.255. The molecule has 2 aromatic carbocycles. The highest BCUT2D eigenvalue weighted by Crippen LogP contribution is 2.26. The Kier molecular flexibility index (Phi) is 7.93. The zero-order chi connectivity index (χ0) is 31.6. The molecule has 2 fully saturated rings. The largest absolute Gasteiger partial charge is 0.378 e. The van der Waals surface area contributed by atoms with E-state index in [0.717, 1.165) is 23.7 Å². The Morgan fingerprint density at radius 1 is 1.02 bits per heavy atom. The van der Waals surface area contributed by atoms with E-state index in [1.165, 1.54) is 13.1 Å². The molecular formula is C32H34N10O4. The van der Waals surface area contributed by atoms with Crippen molar-refractivity contribution in [2.75, 3.05) is 54.9 Å². The van der Waals surface area contributed by atoms with Gasteiger partial charge in [-0.3, -0.25) is 14.4 Å². The lowest BCUT2D eigenvalue weighted by atomic mass is 10.1. The molecule has 2 aliphatic rings. The molecule has 1 atom stereocenters. The van der Waals surface area contributed by atoms with Gasteiger partial charge in [0.2, 0.25) is 11.9 Å². The molecule has 2 aliphatic heterocycles. The van der Waals surface area contributed by atoms with Gasteiger partial charge in [-0.2, -0.15) is 9.50 Å². The molecule has 3 aromatic heterocycles. The molecule has 2 saturated heterocycles. The van der Waals surface area contributed by atoms with E-state index >= 15 is 0 Å². The second-order valence-corrected chi connectivity index (χ2v) is 11.5. The number of hydrogen-bond acceptors (Lipinski definition) is 9. The van der Waals surface area contributed by atoms with Gasteiger partial charge in [-0.1, -0.05) is 18.2 Å². The first kappa shape index (κ1) is 29.2. The van der Waals surface area contributed by atoms with Crippen LogP contribution in [-0.4, -0.2) is 92.6 Å². The van der Waals surface area contributed by atoms with E-state index in [1.54, 1.807) is 21.5 Å². The van der Waals surface area contributed by atoms with Crippen LogP contribution in [0.3, 0.4) is 0 Å². The van der Waals surface area contributed by atoms with Crippen molar-refractivity contribution in [3.63, 3.8) is 0 Å². The molecule has 0 spiro atoms. The summed E-state index contributed by atoms with van der Waals surface area (Å²) in [6, 6.07) is 16.7. The van der Waals surface area contributed by atoms with Gasteiger partial charge in [-0.15, -0.1) is 5.10 Å². The Labute approximate surface area is 264 Å². The second-order valence-electron chi connectivity index (χ2n) is 11.5. The third-order valence-electron chi connectivity index (χ3n) is 8.16. The van der Waals surface area contributed by atoms with Crippen molar-refractivity contribution in [2.45, 2.75) is 25.8 Å². The fourth-order valence-corrected chi connectivity index (χ4v) is 5.87. The smallest absolute Gasteiger partial charge is 0.268 e. The van der Waals surface area contributed by atoms with Gasteiger partial charge in [0.15, 0.2) is 17.3 Å². The zero-order valence-electron chi connectivity index (χ0n) is 25.3. The molecule has 4 N–H and O–H groups in total. The SMILES string of the molecule is CC(=O)Nc1cnc2c(Nc3ccc(C(=O)N4CCOCC4)cc3)nc(N3CCC[C@@H](NC(=O)c4cc5ccccc5[nH]4)C3)nn12. The van der Waals surface area contributed by atoms with Crippen LogP contribution < -0.4 is 20.9 Å². The molecule has 0 bridgehead atoms. The van der Waals surface area contributed by atoms with Gasteiger partial charge in [0.25, 0.3) is 11.8 Å². The summed E-state index contributed by atoms with van der Waals surface area (Å²) < 4.78 is 6.91. The van der Waals surface area contributed by atoms with E-state index in [4.69, 9.17) is 14.8 Å². The number of rotatable bonds is 7. The predicted octanol–water partition coefficient (Wildman–Crippen LogP) is 3.18. The van der Waals surface area contributed by atoms with Crippen molar-refractivity contribution in [1.82, 2.24) is 34.8 Å². The van der Waals surface area contributed by atoms with Crippen LogP contribution in [0.5, 0.6) is 0 Å². The number of imidazole rings is 1. The van der Waals surface area contributed by atoms with Crippen molar-refractivity contribution in [3.8, 4) is 0 Å². The topological polar surface area (TPSA) is 162 Å². The maximum absolute atomic E-state index is 13.1. The molecule has 7 rings (SSSR count). The van der Waals surface area contributed by atoms with Crippen molar-refractivity contribution in [1.29, 1.82) is 0 Å². The van der Waals surface area contributed by atoms with Crippen LogP contribution in [0.25, 0.3) is 16.6 Å². The number of amides is 3. The third kappa shape index (κ3) is 6.06. The number of ether oxygens (including phenoxy) is 1. The maximum atomic E-state index is 13.1. The number of H-pyrrole nitrogens is 1. The number of hydrogen-bond donors (Lipinski definition) is 4. The fourth-order valence-electron chi connectivity index (χ4n) is 5.87. The van der Waals surface area contributed by atoms with E-state index in [2.05, 4.69) is 25.9 Å². The summed E-state index contributed by atoms with van der Waals surface area (Å²) in [4.78, 5) is 54.3. The second kappa shape index (κ2) is 12.5. The summed E-state index contributed by atoms with van der Waals surface area (Å²) in [5.41, 5.74) is 3.13. The summed E-state index contributed by atoms with van der Waals surface area (Å²) in [5, 5.41) is 15.0. The zero-order valence-corrected chi connectivity index (χ0v) is 25.3. The van der Waals surface area contributed by atoms with Gasteiger partial charge in [0, 0.05) is 61.3 Å². The van der Waals surface area contributed by atoms with E-state index in [-0.39, 0.29) is 23.8 Å². The average Bonchev–Trinajstić information content (AvgIpc) is 3.70. The molecule has 5 aromatic rings. The van der Waals surface area contributed by atoms with Gasteiger partial charge in [0.05, 0.1) is 19.4 Å². The van der Waals surface area contributed by atoms with Crippen LogP contribution in [-0.2, 0) is 9.53 Å². The molecule has 5 heterocycles. The standard InChI is InChI=1S/C32H34N10O4/c1-20(43)34-27-18-33-29-28(35-23-10-8-21(9-11-23)31(45)40-13-15-46-16-14-40)38-32(39-42(27)29)41-12-4-6-24(19-41)36-30(44)26-17-22-5-2-3-7-25(22)37-26/h2-3,5,7-11,17-18,24,37H,4,6,12-16,19H2,1H3,(H,34,43)(H,36,44)(H,35,38,39)/t24-/m1/s1. The highest BCUT2D eigenvalue weighted by atomic mass is 16.5. The number of carbonyl (C=O) groups is 3. The van der Waals surface area contributed by atoms with Gasteiger partial charge in [0.1, 0.15) is 5.69 Å². The summed E-state index contributed by atoms with van der Waals surface area (Å²) in [6.07, 6.45) is 3.17. The first-order chi connectivity index (χ1) is 22.4. The Morgan fingerprint density at radius 2 is 1.83 bits per heavy atom. The van der Waals surface area contributed by atoms with Crippen LogP contribution in [0.15, 0.2) is 60.8 Å². The molecule has 0 aliphatic carbocycles. The summed E-state index contributed by atoms with van der Waals surface area (Å²) >= 11 is 0. The maximum Gasteiger partial charge on any atom is 0.268 e. The first-order valence-electron chi connectivity index (χ1n) is 15.3. The van der Waals surface area contributed by atoms with Crippen LogP contribution in [0.1, 0.15) is 40.6 Å². The van der Waals surface area contributed by atoms with Gasteiger partial charge < -0.3 is 35.5 Å². The summed E-state index contributed by atoms with van der Waals surface area (Å²) in [7, 11) is 0. The molecular weight excluding hydrogens is 588 g/mol. The number of aromatic nitrogens is 5. The predicted molar refractivity (Wildman–Crippen MR) is 173 cm³/mol. The summed E-state index contributed by atoms with van der Waals surface area (Å²) in [5.74, 6) is 0.795. The Morgan fingerprint density at radius 3 is 2.61 bits per heavy atom. The molecule has 3 amide bonds. The Bertz CT molecular complexity index is 1880. The van der Waals surface area contributed by atoms with E-state index in [9.17, 15) is 14.4 Å². The van der Waals surface area contributed by atoms with Crippen molar-refractivity contribution in [2.24, 2.45) is 0 Å². The quantitative estimate of drug-likeness (QED) is 0.214. The number of aromatic amines is 1. The van der Waals surface area contributed by atoms with Crippen LogP contribution >= 0.6 is 0 Å². The molecule has 236 valence electrons. The number of morpholine rings is 1. The molecule has 46 heavy (non-hydrogen) atoms. The lowest BCUT2D eigenvalue weighted by Crippen LogP contribution is -2.48. The number of carbonyl (C=O) groups excluding carboxylic acids is 3. The minimum absolute atomic E-state index is 0.0361. The van der Waals surface area contributed by atoms with Crippen LogP contribution in [0.2, 0.25) is 0 Å². The molecule has 14 heteroatoms. The molecule has 14 nitrogen and oxygen atoms in total. The number of fused-ring (bicyclic) bond motifs is 2.